The lowest BCUT2D eigenvalue weighted by atomic mass is 9.84. The zero-order valence-corrected chi connectivity index (χ0v) is 10.7. The van der Waals surface area contributed by atoms with Crippen LogP contribution in [-0.2, 0) is 11.8 Å². The molecule has 1 aromatic carbocycles. The maximum atomic E-state index is 9.93. The Morgan fingerprint density at radius 3 is 2.31 bits per heavy atom. The minimum absolute atomic E-state index is 0.0499. The molecule has 0 saturated heterocycles. The van der Waals surface area contributed by atoms with Gasteiger partial charge in [0.1, 0.15) is 5.75 Å². The fourth-order valence-electron chi connectivity index (χ4n) is 1.88. The molecule has 0 fully saturated rings. The summed E-state index contributed by atoms with van der Waals surface area (Å²) in [6.07, 6.45) is 1.64. The second-order valence-electron chi connectivity index (χ2n) is 5.37. The molecule has 0 aliphatic carbocycles. The first kappa shape index (κ1) is 13.0. The molecule has 1 rings (SSSR count). The van der Waals surface area contributed by atoms with Crippen molar-refractivity contribution in [2.24, 2.45) is 0 Å². The van der Waals surface area contributed by atoms with Gasteiger partial charge in [-0.25, -0.2) is 0 Å². The van der Waals surface area contributed by atoms with Crippen LogP contribution in [0.1, 0.15) is 43.9 Å². The number of aliphatic hydroxyl groups is 1. The van der Waals surface area contributed by atoms with Crippen molar-refractivity contribution in [3.05, 3.63) is 28.8 Å². The maximum absolute atomic E-state index is 9.93. The summed E-state index contributed by atoms with van der Waals surface area (Å²) in [5, 5.41) is 18.8. The van der Waals surface area contributed by atoms with Gasteiger partial charge in [0, 0.05) is 6.61 Å². The lowest BCUT2D eigenvalue weighted by molar-refractivity contribution is 0.288. The van der Waals surface area contributed by atoms with E-state index in [-0.39, 0.29) is 12.0 Å². The fourth-order valence-corrected chi connectivity index (χ4v) is 1.88. The van der Waals surface area contributed by atoms with Gasteiger partial charge in [0.2, 0.25) is 0 Å². The molecule has 16 heavy (non-hydrogen) atoms. The number of aromatic hydroxyl groups is 1. The SMILES string of the molecule is Cc1cc(O)c(C(C)(C)C)cc1CCCO. The third-order valence-electron chi connectivity index (χ3n) is 2.87. The molecule has 0 saturated carbocycles. The van der Waals surface area contributed by atoms with Crippen molar-refractivity contribution in [3.8, 4) is 5.75 Å². The molecule has 0 amide bonds. The molecule has 0 bridgehead atoms. The van der Waals surface area contributed by atoms with Crippen LogP contribution in [-0.4, -0.2) is 16.8 Å². The first-order valence-corrected chi connectivity index (χ1v) is 5.80. The summed E-state index contributed by atoms with van der Waals surface area (Å²) < 4.78 is 0. The number of hydrogen-bond donors (Lipinski definition) is 2. The van der Waals surface area contributed by atoms with Crippen LogP contribution in [0.3, 0.4) is 0 Å². The summed E-state index contributed by atoms with van der Waals surface area (Å²) in [7, 11) is 0. The number of benzene rings is 1. The Morgan fingerprint density at radius 1 is 1.19 bits per heavy atom. The largest absolute Gasteiger partial charge is 0.508 e. The van der Waals surface area contributed by atoms with E-state index in [1.807, 2.05) is 13.0 Å². The van der Waals surface area contributed by atoms with Gasteiger partial charge >= 0.3 is 0 Å². The van der Waals surface area contributed by atoms with Gasteiger partial charge in [0.25, 0.3) is 0 Å². The highest BCUT2D eigenvalue weighted by Crippen LogP contribution is 2.33. The molecule has 2 N–H and O–H groups in total. The molecule has 2 nitrogen and oxygen atoms in total. The predicted octanol–water partition coefficient (Wildman–Crippen LogP) is 2.92. The molecule has 0 aliphatic heterocycles. The van der Waals surface area contributed by atoms with Gasteiger partial charge in [-0.1, -0.05) is 26.8 Å². The maximum Gasteiger partial charge on any atom is 0.119 e. The highest BCUT2D eigenvalue weighted by atomic mass is 16.3. The van der Waals surface area contributed by atoms with E-state index in [9.17, 15) is 5.11 Å². The Morgan fingerprint density at radius 2 is 1.81 bits per heavy atom. The molecule has 90 valence electrons. The Hall–Kier alpha value is -1.02. The van der Waals surface area contributed by atoms with Crippen LogP contribution in [0.15, 0.2) is 12.1 Å². The van der Waals surface area contributed by atoms with Crippen molar-refractivity contribution >= 4 is 0 Å². The van der Waals surface area contributed by atoms with Crippen molar-refractivity contribution in [1.82, 2.24) is 0 Å². The standard InChI is InChI=1S/C14H22O2/c1-10-8-13(16)12(14(2,3)4)9-11(10)6-5-7-15/h8-9,15-16H,5-7H2,1-4H3. The second-order valence-corrected chi connectivity index (χ2v) is 5.37. The number of aryl methyl sites for hydroxylation is 2. The number of phenols is 1. The van der Waals surface area contributed by atoms with Gasteiger partial charge in [-0.2, -0.15) is 0 Å². The van der Waals surface area contributed by atoms with Gasteiger partial charge in [-0.3, -0.25) is 0 Å². The monoisotopic (exact) mass is 222 g/mol. The van der Waals surface area contributed by atoms with Crippen molar-refractivity contribution < 1.29 is 10.2 Å². The minimum atomic E-state index is -0.0499. The summed E-state index contributed by atoms with van der Waals surface area (Å²) in [5.41, 5.74) is 3.24. The van der Waals surface area contributed by atoms with E-state index in [4.69, 9.17) is 5.11 Å². The molecule has 0 radical (unpaired) electrons. The van der Waals surface area contributed by atoms with E-state index < -0.39 is 0 Å². The van der Waals surface area contributed by atoms with Crippen molar-refractivity contribution in [2.45, 2.75) is 46.0 Å². The Kier molecular flexibility index (Phi) is 3.98. The Labute approximate surface area is 97.9 Å². The quantitative estimate of drug-likeness (QED) is 0.825. The first-order chi connectivity index (χ1) is 7.36. The molecule has 0 aliphatic rings. The van der Waals surface area contributed by atoms with Crippen LogP contribution in [0.4, 0.5) is 0 Å². The van der Waals surface area contributed by atoms with Crippen LogP contribution < -0.4 is 0 Å². The Bertz CT molecular complexity index is 362. The number of rotatable bonds is 3. The predicted molar refractivity (Wildman–Crippen MR) is 67.0 cm³/mol. The lowest BCUT2D eigenvalue weighted by Crippen LogP contribution is -2.12. The third kappa shape index (κ3) is 2.99. The number of aliphatic hydroxyl groups excluding tert-OH is 1. The molecule has 0 heterocycles. The van der Waals surface area contributed by atoms with Gasteiger partial charge in [0.15, 0.2) is 0 Å². The normalized spacial score (nSPS) is 11.8. The van der Waals surface area contributed by atoms with E-state index in [0.717, 1.165) is 24.0 Å². The molecule has 0 unspecified atom stereocenters. The van der Waals surface area contributed by atoms with Crippen LogP contribution in [0.25, 0.3) is 0 Å². The van der Waals surface area contributed by atoms with E-state index in [1.54, 1.807) is 0 Å². The van der Waals surface area contributed by atoms with Gasteiger partial charge in [0.05, 0.1) is 0 Å². The third-order valence-corrected chi connectivity index (χ3v) is 2.87. The zero-order valence-electron chi connectivity index (χ0n) is 10.7. The summed E-state index contributed by atoms with van der Waals surface area (Å²) in [5.74, 6) is 0.373. The summed E-state index contributed by atoms with van der Waals surface area (Å²) in [6, 6.07) is 3.90. The van der Waals surface area contributed by atoms with E-state index in [1.165, 1.54) is 5.56 Å². The smallest absolute Gasteiger partial charge is 0.119 e. The topological polar surface area (TPSA) is 40.5 Å². The van der Waals surface area contributed by atoms with Crippen molar-refractivity contribution in [1.29, 1.82) is 0 Å². The number of phenolic OH excluding ortho intramolecular Hbond substituents is 1. The van der Waals surface area contributed by atoms with Crippen LogP contribution in [0.5, 0.6) is 5.75 Å². The average molecular weight is 222 g/mol. The average Bonchev–Trinajstić information content (AvgIpc) is 2.14. The van der Waals surface area contributed by atoms with Gasteiger partial charge in [-0.15, -0.1) is 0 Å². The molecular formula is C14H22O2. The highest BCUT2D eigenvalue weighted by Gasteiger charge is 2.19. The zero-order chi connectivity index (χ0) is 12.3. The van der Waals surface area contributed by atoms with Crippen molar-refractivity contribution in [3.63, 3.8) is 0 Å². The van der Waals surface area contributed by atoms with Crippen LogP contribution >= 0.6 is 0 Å². The minimum Gasteiger partial charge on any atom is -0.508 e. The lowest BCUT2D eigenvalue weighted by Gasteiger charge is -2.22. The second kappa shape index (κ2) is 4.88. The molecule has 0 aromatic heterocycles. The highest BCUT2D eigenvalue weighted by molar-refractivity contribution is 5.44. The van der Waals surface area contributed by atoms with Gasteiger partial charge < -0.3 is 10.2 Å². The van der Waals surface area contributed by atoms with E-state index in [2.05, 4.69) is 26.8 Å². The van der Waals surface area contributed by atoms with Crippen LogP contribution in [0, 0.1) is 6.92 Å². The van der Waals surface area contributed by atoms with E-state index >= 15 is 0 Å². The van der Waals surface area contributed by atoms with Crippen LogP contribution in [0.2, 0.25) is 0 Å². The van der Waals surface area contributed by atoms with E-state index in [0.29, 0.717) is 5.75 Å². The fraction of sp³-hybridized carbons (Fsp3) is 0.571. The number of hydrogen-bond acceptors (Lipinski definition) is 2. The van der Waals surface area contributed by atoms with Gasteiger partial charge in [-0.05, 0) is 47.9 Å². The summed E-state index contributed by atoms with van der Waals surface area (Å²) in [4.78, 5) is 0. The molecule has 0 spiro atoms. The molecule has 2 heteroatoms. The Balaban J connectivity index is 3.11. The summed E-state index contributed by atoms with van der Waals surface area (Å²) in [6.45, 7) is 8.48. The molecule has 1 aromatic rings. The molecular weight excluding hydrogens is 200 g/mol. The van der Waals surface area contributed by atoms with Crippen molar-refractivity contribution in [2.75, 3.05) is 6.61 Å². The first-order valence-electron chi connectivity index (χ1n) is 5.80. The molecule has 0 atom stereocenters. The summed E-state index contributed by atoms with van der Waals surface area (Å²) >= 11 is 0.